The number of hydrogen-bond acceptors (Lipinski definition) is 4. The summed E-state index contributed by atoms with van der Waals surface area (Å²) in [6.07, 6.45) is 5.29. The Hall–Kier alpha value is -2.04. The molecule has 0 saturated heterocycles. The summed E-state index contributed by atoms with van der Waals surface area (Å²) in [4.78, 5) is 26.6. The lowest BCUT2D eigenvalue weighted by Gasteiger charge is -2.39. The van der Waals surface area contributed by atoms with Crippen molar-refractivity contribution in [3.8, 4) is 0 Å². The fourth-order valence-electron chi connectivity index (χ4n) is 3.57. The molecule has 130 valence electrons. The summed E-state index contributed by atoms with van der Waals surface area (Å²) >= 11 is 0. The first-order chi connectivity index (χ1) is 11.5. The molecule has 1 heterocycles. The van der Waals surface area contributed by atoms with Crippen molar-refractivity contribution >= 4 is 23.3 Å². The van der Waals surface area contributed by atoms with Gasteiger partial charge in [-0.05, 0) is 38.8 Å². The lowest BCUT2D eigenvalue weighted by atomic mass is 9.89. The zero-order chi connectivity index (χ0) is 17.2. The van der Waals surface area contributed by atoms with E-state index in [1.807, 2.05) is 38.1 Å². The van der Waals surface area contributed by atoms with Gasteiger partial charge in [0.05, 0.1) is 23.8 Å². The van der Waals surface area contributed by atoms with E-state index in [9.17, 15) is 9.59 Å². The summed E-state index contributed by atoms with van der Waals surface area (Å²) in [6, 6.07) is 7.73. The lowest BCUT2D eigenvalue weighted by Crippen LogP contribution is -2.54. The molecule has 1 aromatic rings. The van der Waals surface area contributed by atoms with Gasteiger partial charge >= 0.3 is 5.97 Å². The smallest absolute Gasteiger partial charge is 0.308 e. The molecule has 1 aliphatic carbocycles. The van der Waals surface area contributed by atoms with E-state index >= 15 is 0 Å². The predicted molar refractivity (Wildman–Crippen MR) is 94.0 cm³/mol. The van der Waals surface area contributed by atoms with E-state index in [4.69, 9.17) is 4.74 Å². The van der Waals surface area contributed by atoms with E-state index in [1.165, 1.54) is 6.42 Å². The van der Waals surface area contributed by atoms with Gasteiger partial charge in [0.15, 0.2) is 0 Å². The van der Waals surface area contributed by atoms with E-state index in [2.05, 4.69) is 5.32 Å². The largest absolute Gasteiger partial charge is 0.464 e. The lowest BCUT2D eigenvalue weighted by molar-refractivity contribution is -0.149. The zero-order valence-corrected chi connectivity index (χ0v) is 14.5. The molecule has 24 heavy (non-hydrogen) atoms. The Labute approximate surface area is 143 Å². The molecule has 1 aliphatic heterocycles. The minimum atomic E-state index is -0.665. The van der Waals surface area contributed by atoms with Crippen molar-refractivity contribution in [2.45, 2.75) is 51.5 Å². The van der Waals surface area contributed by atoms with Gasteiger partial charge in [-0.2, -0.15) is 0 Å². The van der Waals surface area contributed by atoms with Crippen molar-refractivity contribution in [2.24, 2.45) is 5.92 Å². The third-order valence-corrected chi connectivity index (χ3v) is 4.92. The SMILES string of the molecule is CC1(C)Nc2ccccc2N(CCOC(=O)C2CCCCC2)C1=O. The van der Waals surface area contributed by atoms with Gasteiger partial charge in [0.25, 0.3) is 5.91 Å². The van der Waals surface area contributed by atoms with E-state index in [1.54, 1.807) is 4.90 Å². The van der Waals surface area contributed by atoms with Crippen LogP contribution >= 0.6 is 0 Å². The van der Waals surface area contributed by atoms with Crippen molar-refractivity contribution < 1.29 is 14.3 Å². The highest BCUT2D eigenvalue weighted by molar-refractivity contribution is 6.07. The summed E-state index contributed by atoms with van der Waals surface area (Å²) < 4.78 is 5.46. The Morgan fingerprint density at radius 1 is 1.25 bits per heavy atom. The van der Waals surface area contributed by atoms with Gasteiger partial charge in [0.1, 0.15) is 12.1 Å². The summed E-state index contributed by atoms with van der Waals surface area (Å²) in [7, 11) is 0. The summed E-state index contributed by atoms with van der Waals surface area (Å²) in [5.41, 5.74) is 1.11. The molecular weight excluding hydrogens is 304 g/mol. The standard InChI is InChI=1S/C19H26N2O3/c1-19(2)18(23)21(16-11-7-6-10-15(16)20-19)12-13-24-17(22)14-8-4-3-5-9-14/h6-7,10-11,14,20H,3-5,8-9,12-13H2,1-2H3. The first kappa shape index (κ1) is 16.8. The molecule has 1 aromatic carbocycles. The summed E-state index contributed by atoms with van der Waals surface area (Å²) in [5, 5.41) is 3.27. The Balaban J connectivity index is 1.63. The molecule has 2 aliphatic rings. The molecule has 0 radical (unpaired) electrons. The van der Waals surface area contributed by atoms with Crippen LogP contribution in [0.2, 0.25) is 0 Å². The second-order valence-electron chi connectivity index (χ2n) is 7.23. The summed E-state index contributed by atoms with van der Waals surface area (Å²) in [5.74, 6) is -0.0686. The quantitative estimate of drug-likeness (QED) is 0.860. The number of nitrogens with one attached hydrogen (secondary N) is 1. The molecule has 0 aromatic heterocycles. The third-order valence-electron chi connectivity index (χ3n) is 4.92. The topological polar surface area (TPSA) is 58.6 Å². The number of benzene rings is 1. The van der Waals surface area contributed by atoms with Crippen LogP contribution in [0.3, 0.4) is 0 Å². The number of carbonyl (C=O) groups is 2. The number of para-hydroxylation sites is 2. The van der Waals surface area contributed by atoms with Gasteiger partial charge in [-0.25, -0.2) is 0 Å². The minimum Gasteiger partial charge on any atom is -0.464 e. The number of amides is 1. The van der Waals surface area contributed by atoms with Crippen molar-refractivity contribution in [2.75, 3.05) is 23.4 Å². The average molecular weight is 330 g/mol. The Bertz CT molecular complexity index is 621. The maximum absolute atomic E-state index is 12.7. The van der Waals surface area contributed by atoms with Crippen molar-refractivity contribution in [3.05, 3.63) is 24.3 Å². The second-order valence-corrected chi connectivity index (χ2v) is 7.23. The number of ether oxygens (including phenoxy) is 1. The highest BCUT2D eigenvalue weighted by atomic mass is 16.5. The van der Waals surface area contributed by atoms with Crippen molar-refractivity contribution in [1.82, 2.24) is 0 Å². The highest BCUT2D eigenvalue weighted by Crippen LogP contribution is 2.34. The van der Waals surface area contributed by atoms with Crippen LogP contribution in [0.1, 0.15) is 46.0 Å². The number of rotatable bonds is 4. The summed E-state index contributed by atoms with van der Waals surface area (Å²) in [6.45, 7) is 4.36. The monoisotopic (exact) mass is 330 g/mol. The van der Waals surface area contributed by atoms with Gasteiger partial charge in [-0.15, -0.1) is 0 Å². The number of carbonyl (C=O) groups excluding carboxylic acids is 2. The van der Waals surface area contributed by atoms with Crippen LogP contribution in [0.25, 0.3) is 0 Å². The fourth-order valence-corrected chi connectivity index (χ4v) is 3.57. The molecule has 0 unspecified atom stereocenters. The first-order valence-corrected chi connectivity index (χ1v) is 8.85. The van der Waals surface area contributed by atoms with E-state index < -0.39 is 5.54 Å². The van der Waals surface area contributed by atoms with Crippen LogP contribution in [0.15, 0.2) is 24.3 Å². The van der Waals surface area contributed by atoms with Gasteiger partial charge in [-0.1, -0.05) is 31.4 Å². The molecule has 5 heteroatoms. The zero-order valence-electron chi connectivity index (χ0n) is 14.5. The number of fused-ring (bicyclic) bond motifs is 1. The Morgan fingerprint density at radius 2 is 1.96 bits per heavy atom. The van der Waals surface area contributed by atoms with Crippen LogP contribution in [-0.2, 0) is 14.3 Å². The van der Waals surface area contributed by atoms with Crippen molar-refractivity contribution in [3.63, 3.8) is 0 Å². The van der Waals surface area contributed by atoms with Crippen LogP contribution in [0.4, 0.5) is 11.4 Å². The van der Waals surface area contributed by atoms with Crippen LogP contribution in [0.5, 0.6) is 0 Å². The minimum absolute atomic E-state index is 0.00471. The molecule has 1 amide bonds. The van der Waals surface area contributed by atoms with Gasteiger partial charge in [0.2, 0.25) is 0 Å². The molecule has 5 nitrogen and oxygen atoms in total. The highest BCUT2D eigenvalue weighted by Gasteiger charge is 2.38. The Kier molecular flexibility index (Phi) is 4.78. The first-order valence-electron chi connectivity index (χ1n) is 8.85. The maximum Gasteiger partial charge on any atom is 0.308 e. The van der Waals surface area contributed by atoms with Gasteiger partial charge in [0, 0.05) is 0 Å². The molecule has 0 spiro atoms. The molecular formula is C19H26N2O3. The second kappa shape index (κ2) is 6.83. The molecule has 0 bridgehead atoms. The van der Waals surface area contributed by atoms with Crippen molar-refractivity contribution in [1.29, 1.82) is 0 Å². The number of anilines is 2. The van der Waals surface area contributed by atoms with Crippen LogP contribution < -0.4 is 10.2 Å². The normalized spacial score (nSPS) is 20.2. The van der Waals surface area contributed by atoms with E-state index in [0.29, 0.717) is 6.54 Å². The molecule has 0 atom stereocenters. The third kappa shape index (κ3) is 3.40. The van der Waals surface area contributed by atoms with Gasteiger partial charge < -0.3 is 15.0 Å². The fraction of sp³-hybridized carbons (Fsp3) is 0.579. The van der Waals surface area contributed by atoms with Crippen LogP contribution in [0, 0.1) is 5.92 Å². The molecule has 1 N–H and O–H groups in total. The maximum atomic E-state index is 12.7. The molecule has 1 saturated carbocycles. The number of hydrogen-bond donors (Lipinski definition) is 1. The predicted octanol–water partition coefficient (Wildman–Crippen LogP) is 3.35. The average Bonchev–Trinajstić information content (AvgIpc) is 2.58. The number of esters is 1. The van der Waals surface area contributed by atoms with Crippen LogP contribution in [-0.4, -0.2) is 30.6 Å². The van der Waals surface area contributed by atoms with E-state index in [-0.39, 0.29) is 24.4 Å². The molecule has 1 fully saturated rings. The Morgan fingerprint density at radius 3 is 2.71 bits per heavy atom. The van der Waals surface area contributed by atoms with E-state index in [0.717, 1.165) is 37.1 Å². The van der Waals surface area contributed by atoms with Gasteiger partial charge in [-0.3, -0.25) is 9.59 Å². The molecule has 3 rings (SSSR count). The number of nitrogens with zero attached hydrogens (tertiary/aromatic N) is 1.